The molecule has 0 aliphatic carbocycles. The number of hydrogen-bond donors (Lipinski definition) is 0. The van der Waals surface area contributed by atoms with Gasteiger partial charge in [0.1, 0.15) is 5.60 Å². The number of ether oxygens (including phenoxy) is 1. The van der Waals surface area contributed by atoms with Gasteiger partial charge >= 0.3 is 6.09 Å². The van der Waals surface area contributed by atoms with Crippen molar-refractivity contribution < 1.29 is 9.53 Å². The van der Waals surface area contributed by atoms with E-state index in [1.807, 2.05) is 37.4 Å². The van der Waals surface area contributed by atoms with Gasteiger partial charge in [-0.3, -0.25) is 0 Å². The molecule has 0 spiro atoms. The van der Waals surface area contributed by atoms with Crippen LogP contribution in [0, 0.1) is 0 Å². The smallest absolute Gasteiger partial charge is 0.410 e. The molecule has 0 saturated carbocycles. The van der Waals surface area contributed by atoms with Crippen LogP contribution in [0.4, 0.5) is 4.79 Å². The number of hydrogen-bond acceptors (Lipinski definition) is 3. The highest BCUT2D eigenvalue weighted by molar-refractivity contribution is 7.99. The Hall–Kier alpha value is -0.380. The van der Waals surface area contributed by atoms with Crippen molar-refractivity contribution in [2.75, 3.05) is 11.5 Å². The SMILES string of the molecule is CC(C)(C)OC(=O)N1[C@@H]2CC[C@H]1CSC2. The molecule has 3 nitrogen and oxygen atoms in total. The number of nitrogens with zero attached hydrogens (tertiary/aromatic N) is 1. The molecule has 4 heteroatoms. The molecule has 0 aromatic heterocycles. The van der Waals surface area contributed by atoms with Crippen molar-refractivity contribution in [1.82, 2.24) is 4.90 Å². The first-order chi connectivity index (χ1) is 6.97. The summed E-state index contributed by atoms with van der Waals surface area (Å²) >= 11 is 1.96. The maximum atomic E-state index is 12.0. The van der Waals surface area contributed by atoms with Crippen LogP contribution in [-0.2, 0) is 4.74 Å². The van der Waals surface area contributed by atoms with Crippen LogP contribution in [0.2, 0.25) is 0 Å². The monoisotopic (exact) mass is 229 g/mol. The molecule has 15 heavy (non-hydrogen) atoms. The van der Waals surface area contributed by atoms with E-state index < -0.39 is 0 Å². The third-order valence-electron chi connectivity index (χ3n) is 2.84. The standard InChI is InChI=1S/C11H19NO2S/c1-11(2,3)14-10(13)12-8-4-5-9(12)7-15-6-8/h8-9H,4-7H2,1-3H3/t8-,9+. The number of amides is 1. The zero-order chi connectivity index (χ0) is 11.1. The number of rotatable bonds is 0. The van der Waals surface area contributed by atoms with Gasteiger partial charge in [-0.25, -0.2) is 4.79 Å². The molecule has 2 heterocycles. The molecule has 0 aromatic carbocycles. The fourth-order valence-corrected chi connectivity index (χ4v) is 3.58. The summed E-state index contributed by atoms with van der Waals surface area (Å²) in [5.41, 5.74) is -0.374. The molecular weight excluding hydrogens is 210 g/mol. The summed E-state index contributed by atoms with van der Waals surface area (Å²) in [6, 6.07) is 0.840. The van der Waals surface area contributed by atoms with Gasteiger partial charge in [0.2, 0.25) is 0 Å². The van der Waals surface area contributed by atoms with Crippen molar-refractivity contribution in [1.29, 1.82) is 0 Å². The second-order valence-electron chi connectivity index (χ2n) is 5.31. The number of fused-ring (bicyclic) bond motifs is 2. The lowest BCUT2D eigenvalue weighted by Crippen LogP contribution is -2.48. The first-order valence-electron chi connectivity index (χ1n) is 5.56. The third kappa shape index (κ3) is 2.41. The summed E-state index contributed by atoms with van der Waals surface area (Å²) in [5.74, 6) is 2.16. The summed E-state index contributed by atoms with van der Waals surface area (Å²) in [4.78, 5) is 13.9. The van der Waals surface area contributed by atoms with E-state index in [2.05, 4.69) is 0 Å². The molecule has 2 fully saturated rings. The summed E-state index contributed by atoms with van der Waals surface area (Å²) in [6.07, 6.45) is 2.18. The Kier molecular flexibility index (Phi) is 2.88. The van der Waals surface area contributed by atoms with E-state index in [9.17, 15) is 4.79 Å². The molecule has 2 bridgehead atoms. The summed E-state index contributed by atoms with van der Waals surface area (Å²) < 4.78 is 5.44. The van der Waals surface area contributed by atoms with Gasteiger partial charge in [-0.1, -0.05) is 0 Å². The van der Waals surface area contributed by atoms with Crippen molar-refractivity contribution in [3.63, 3.8) is 0 Å². The number of carbonyl (C=O) groups excluding carboxylic acids is 1. The zero-order valence-electron chi connectivity index (χ0n) is 9.66. The van der Waals surface area contributed by atoms with E-state index in [1.54, 1.807) is 0 Å². The van der Waals surface area contributed by atoms with Crippen LogP contribution < -0.4 is 0 Å². The maximum Gasteiger partial charge on any atom is 0.410 e. The van der Waals surface area contributed by atoms with Crippen LogP contribution in [0.15, 0.2) is 0 Å². The fraction of sp³-hybridized carbons (Fsp3) is 0.909. The number of carbonyl (C=O) groups is 1. The highest BCUT2D eigenvalue weighted by atomic mass is 32.2. The van der Waals surface area contributed by atoms with Gasteiger partial charge in [0.05, 0.1) is 0 Å². The van der Waals surface area contributed by atoms with Gasteiger partial charge in [-0.2, -0.15) is 11.8 Å². The molecule has 0 aromatic rings. The predicted octanol–water partition coefficient (Wildman–Crippen LogP) is 2.50. The van der Waals surface area contributed by atoms with Gasteiger partial charge in [0, 0.05) is 23.6 Å². The lowest BCUT2D eigenvalue weighted by molar-refractivity contribution is 0.0174. The Morgan fingerprint density at radius 1 is 1.27 bits per heavy atom. The van der Waals surface area contributed by atoms with E-state index in [0.29, 0.717) is 12.1 Å². The average Bonchev–Trinajstić information content (AvgIpc) is 2.34. The van der Waals surface area contributed by atoms with Gasteiger partial charge in [0.25, 0.3) is 0 Å². The molecular formula is C11H19NO2S. The molecule has 2 aliphatic rings. The van der Waals surface area contributed by atoms with E-state index in [1.165, 1.54) is 0 Å². The van der Waals surface area contributed by atoms with Crippen molar-refractivity contribution >= 4 is 17.9 Å². The van der Waals surface area contributed by atoms with Crippen LogP contribution in [0.5, 0.6) is 0 Å². The fourth-order valence-electron chi connectivity index (χ4n) is 2.24. The molecule has 0 unspecified atom stereocenters. The molecule has 0 N–H and O–H groups in total. The van der Waals surface area contributed by atoms with Gasteiger partial charge in [-0.05, 0) is 33.6 Å². The second kappa shape index (κ2) is 3.89. The maximum absolute atomic E-state index is 12.0. The minimum absolute atomic E-state index is 0.115. The van der Waals surface area contributed by atoms with Gasteiger partial charge in [0.15, 0.2) is 0 Å². The Balaban J connectivity index is 2.01. The Morgan fingerprint density at radius 3 is 2.27 bits per heavy atom. The summed E-state index contributed by atoms with van der Waals surface area (Å²) in [5, 5.41) is 0. The van der Waals surface area contributed by atoms with E-state index >= 15 is 0 Å². The lowest BCUT2D eigenvalue weighted by atomic mass is 10.2. The highest BCUT2D eigenvalue weighted by Crippen LogP contribution is 2.35. The summed E-state index contributed by atoms with van der Waals surface area (Å²) in [6.45, 7) is 5.77. The van der Waals surface area contributed by atoms with Crippen molar-refractivity contribution in [3.05, 3.63) is 0 Å². The van der Waals surface area contributed by atoms with E-state index in [-0.39, 0.29) is 11.7 Å². The lowest BCUT2D eigenvalue weighted by Gasteiger charge is -2.35. The Morgan fingerprint density at radius 2 is 1.80 bits per heavy atom. The minimum Gasteiger partial charge on any atom is -0.444 e. The van der Waals surface area contributed by atoms with Crippen molar-refractivity contribution in [2.24, 2.45) is 0 Å². The Labute approximate surface area is 95.5 Å². The van der Waals surface area contributed by atoms with Gasteiger partial charge < -0.3 is 9.64 Å². The summed E-state index contributed by atoms with van der Waals surface area (Å²) in [7, 11) is 0. The minimum atomic E-state index is -0.374. The number of thioether (sulfide) groups is 1. The van der Waals surface area contributed by atoms with Crippen LogP contribution in [0.3, 0.4) is 0 Å². The zero-order valence-corrected chi connectivity index (χ0v) is 10.5. The average molecular weight is 229 g/mol. The molecule has 2 aliphatic heterocycles. The molecule has 2 saturated heterocycles. The molecule has 1 amide bonds. The van der Waals surface area contributed by atoms with E-state index in [4.69, 9.17) is 4.74 Å². The van der Waals surface area contributed by atoms with Crippen LogP contribution in [-0.4, -0.2) is 40.2 Å². The molecule has 0 radical (unpaired) electrons. The largest absolute Gasteiger partial charge is 0.444 e. The van der Waals surface area contributed by atoms with Crippen LogP contribution in [0.1, 0.15) is 33.6 Å². The third-order valence-corrected chi connectivity index (χ3v) is 4.09. The van der Waals surface area contributed by atoms with Gasteiger partial charge in [-0.15, -0.1) is 0 Å². The second-order valence-corrected chi connectivity index (χ2v) is 6.38. The topological polar surface area (TPSA) is 29.5 Å². The predicted molar refractivity (Wildman–Crippen MR) is 62.2 cm³/mol. The first kappa shape index (κ1) is 11.1. The molecule has 2 atom stereocenters. The van der Waals surface area contributed by atoms with Crippen molar-refractivity contribution in [3.8, 4) is 0 Å². The molecule has 2 rings (SSSR count). The van der Waals surface area contributed by atoms with Crippen molar-refractivity contribution in [2.45, 2.75) is 51.3 Å². The van der Waals surface area contributed by atoms with Crippen LogP contribution in [0.25, 0.3) is 0 Å². The Bertz CT molecular complexity index is 246. The van der Waals surface area contributed by atoms with E-state index in [0.717, 1.165) is 24.3 Å². The quantitative estimate of drug-likeness (QED) is 0.639. The van der Waals surface area contributed by atoms with Crippen LogP contribution >= 0.6 is 11.8 Å². The molecule has 86 valence electrons. The normalized spacial score (nSPS) is 30.5. The highest BCUT2D eigenvalue weighted by Gasteiger charge is 2.41. The first-order valence-corrected chi connectivity index (χ1v) is 6.72.